The number of nitrogens with zero attached hydrogens (tertiary/aromatic N) is 1. The van der Waals surface area contributed by atoms with E-state index in [0.717, 1.165) is 11.4 Å². The molecule has 0 spiro atoms. The molecule has 2 rings (SSSR count). The molecule has 0 saturated carbocycles. The van der Waals surface area contributed by atoms with Gasteiger partial charge in [-0.1, -0.05) is 0 Å². The third kappa shape index (κ3) is 3.04. The number of benzene rings is 1. The first-order chi connectivity index (χ1) is 8.56. The van der Waals surface area contributed by atoms with E-state index in [9.17, 15) is 8.78 Å². The Balaban J connectivity index is 2.13. The normalized spacial score (nSPS) is 12.2. The van der Waals surface area contributed by atoms with Crippen LogP contribution in [-0.4, -0.2) is 4.98 Å². The average Bonchev–Trinajstić information content (AvgIpc) is 2.34. The molecule has 0 saturated heterocycles. The molecule has 2 nitrogen and oxygen atoms in total. The molecule has 0 aliphatic carbocycles. The molecule has 5 heteroatoms. The first-order valence-corrected chi connectivity index (χ1v) is 6.18. The maximum absolute atomic E-state index is 13.1. The molecule has 94 valence electrons. The fourth-order valence-corrected chi connectivity index (χ4v) is 1.93. The Morgan fingerprint density at radius 2 is 2.00 bits per heavy atom. The van der Waals surface area contributed by atoms with Crippen LogP contribution < -0.4 is 5.32 Å². The zero-order chi connectivity index (χ0) is 13.1. The third-order valence-corrected chi connectivity index (χ3v) is 3.10. The highest BCUT2D eigenvalue weighted by Gasteiger charge is 2.08. The van der Waals surface area contributed by atoms with Crippen LogP contribution in [0.1, 0.15) is 18.7 Å². The smallest absolute Gasteiger partial charge is 0.141 e. The Morgan fingerprint density at radius 3 is 2.61 bits per heavy atom. The van der Waals surface area contributed by atoms with Gasteiger partial charge in [0.2, 0.25) is 0 Å². The van der Waals surface area contributed by atoms with Crippen LogP contribution in [-0.2, 0) is 0 Å². The summed E-state index contributed by atoms with van der Waals surface area (Å²) in [6.07, 6.45) is 1.17. The van der Waals surface area contributed by atoms with E-state index in [1.165, 1.54) is 18.3 Å². The van der Waals surface area contributed by atoms with Crippen molar-refractivity contribution in [3.8, 4) is 0 Å². The number of rotatable bonds is 3. The molecule has 0 aliphatic heterocycles. The molecule has 1 aromatic heterocycles. The average molecular weight is 313 g/mol. The summed E-state index contributed by atoms with van der Waals surface area (Å²) in [5.41, 5.74) is 1.48. The molecular formula is C13H11BrF2N2. The Kier molecular flexibility index (Phi) is 3.91. The monoisotopic (exact) mass is 312 g/mol. The summed E-state index contributed by atoms with van der Waals surface area (Å²) >= 11 is 3.12. The van der Waals surface area contributed by atoms with Crippen LogP contribution in [0.4, 0.5) is 14.5 Å². The van der Waals surface area contributed by atoms with Gasteiger partial charge in [0.05, 0.1) is 22.4 Å². The van der Waals surface area contributed by atoms with Gasteiger partial charge in [-0.3, -0.25) is 4.98 Å². The van der Waals surface area contributed by atoms with Crippen molar-refractivity contribution < 1.29 is 8.78 Å². The lowest BCUT2D eigenvalue weighted by Gasteiger charge is -2.15. The Labute approximate surface area is 112 Å². The number of aromatic nitrogens is 1. The van der Waals surface area contributed by atoms with Crippen molar-refractivity contribution in [2.24, 2.45) is 0 Å². The first-order valence-electron chi connectivity index (χ1n) is 5.39. The van der Waals surface area contributed by atoms with E-state index in [1.54, 1.807) is 18.2 Å². The van der Waals surface area contributed by atoms with Gasteiger partial charge in [0.15, 0.2) is 0 Å². The van der Waals surface area contributed by atoms with Crippen LogP contribution in [0.2, 0.25) is 0 Å². The topological polar surface area (TPSA) is 24.9 Å². The molecular weight excluding hydrogens is 302 g/mol. The molecule has 2 aromatic rings. The molecule has 1 unspecified atom stereocenters. The summed E-state index contributed by atoms with van der Waals surface area (Å²) in [5, 5.41) is 3.16. The maximum Gasteiger partial charge on any atom is 0.141 e. The Hall–Kier alpha value is -1.49. The van der Waals surface area contributed by atoms with E-state index in [2.05, 4.69) is 26.2 Å². The predicted molar refractivity (Wildman–Crippen MR) is 70.3 cm³/mol. The highest BCUT2D eigenvalue weighted by Crippen LogP contribution is 2.23. The maximum atomic E-state index is 13.1. The number of hydrogen-bond acceptors (Lipinski definition) is 2. The van der Waals surface area contributed by atoms with Crippen LogP contribution in [0.15, 0.2) is 41.0 Å². The molecule has 0 bridgehead atoms. The summed E-state index contributed by atoms with van der Waals surface area (Å²) in [5.74, 6) is -0.677. The van der Waals surface area contributed by atoms with Gasteiger partial charge < -0.3 is 5.32 Å². The lowest BCUT2D eigenvalue weighted by Crippen LogP contribution is -2.08. The van der Waals surface area contributed by atoms with Crippen LogP contribution in [0.3, 0.4) is 0 Å². The minimum Gasteiger partial charge on any atom is -0.377 e. The highest BCUT2D eigenvalue weighted by atomic mass is 79.9. The predicted octanol–water partition coefficient (Wildman–Crippen LogP) is 4.30. The van der Waals surface area contributed by atoms with E-state index in [1.807, 2.05) is 6.92 Å². The van der Waals surface area contributed by atoms with Crippen molar-refractivity contribution >= 4 is 21.6 Å². The molecule has 1 N–H and O–H groups in total. The standard InChI is InChI=1S/C13H11BrF2N2/c1-8(13-5-2-9(15)7-17-13)18-10-3-4-12(16)11(14)6-10/h2-8,18H,1H3. The van der Waals surface area contributed by atoms with Crippen molar-refractivity contribution in [3.05, 3.63) is 58.3 Å². The fraction of sp³-hybridized carbons (Fsp3) is 0.154. The van der Waals surface area contributed by atoms with Gasteiger partial charge in [0.25, 0.3) is 0 Å². The minimum absolute atomic E-state index is 0.0945. The molecule has 0 aliphatic rings. The van der Waals surface area contributed by atoms with Gasteiger partial charge in [0, 0.05) is 5.69 Å². The lowest BCUT2D eigenvalue weighted by molar-refractivity contribution is 0.617. The highest BCUT2D eigenvalue weighted by molar-refractivity contribution is 9.10. The second kappa shape index (κ2) is 5.44. The Bertz CT molecular complexity index is 543. The summed E-state index contributed by atoms with van der Waals surface area (Å²) in [6, 6.07) is 7.54. The van der Waals surface area contributed by atoms with Gasteiger partial charge in [-0.25, -0.2) is 8.78 Å². The number of nitrogens with one attached hydrogen (secondary N) is 1. The van der Waals surface area contributed by atoms with E-state index in [0.29, 0.717) is 4.47 Å². The first kappa shape index (κ1) is 13.0. The van der Waals surface area contributed by atoms with Crippen LogP contribution in [0.25, 0.3) is 0 Å². The molecule has 0 fully saturated rings. The molecule has 18 heavy (non-hydrogen) atoms. The third-order valence-electron chi connectivity index (χ3n) is 2.50. The zero-order valence-corrected chi connectivity index (χ0v) is 11.2. The van der Waals surface area contributed by atoms with Crippen molar-refractivity contribution in [1.82, 2.24) is 4.98 Å². The van der Waals surface area contributed by atoms with E-state index < -0.39 is 0 Å². The molecule has 1 heterocycles. The molecule has 1 atom stereocenters. The second-order valence-corrected chi connectivity index (χ2v) is 4.75. The quantitative estimate of drug-likeness (QED) is 0.914. The van der Waals surface area contributed by atoms with Crippen LogP contribution in [0.5, 0.6) is 0 Å². The zero-order valence-electron chi connectivity index (χ0n) is 9.62. The SMILES string of the molecule is CC(Nc1ccc(F)c(Br)c1)c1ccc(F)cn1. The molecule has 0 radical (unpaired) electrons. The second-order valence-electron chi connectivity index (χ2n) is 3.90. The summed E-state index contributed by atoms with van der Waals surface area (Å²) in [7, 11) is 0. The van der Waals surface area contributed by atoms with Crippen molar-refractivity contribution in [3.63, 3.8) is 0 Å². The van der Waals surface area contributed by atoms with Crippen molar-refractivity contribution in [2.75, 3.05) is 5.32 Å². The summed E-state index contributed by atoms with van der Waals surface area (Å²) < 4.78 is 26.2. The Morgan fingerprint density at radius 1 is 1.22 bits per heavy atom. The largest absolute Gasteiger partial charge is 0.377 e. The van der Waals surface area contributed by atoms with Crippen molar-refractivity contribution in [1.29, 1.82) is 0 Å². The van der Waals surface area contributed by atoms with Gasteiger partial charge in [-0.2, -0.15) is 0 Å². The number of anilines is 1. The van der Waals surface area contributed by atoms with Gasteiger partial charge in [-0.15, -0.1) is 0 Å². The number of halogens is 3. The van der Waals surface area contributed by atoms with Gasteiger partial charge in [-0.05, 0) is 53.2 Å². The summed E-state index contributed by atoms with van der Waals surface area (Å²) in [4.78, 5) is 3.99. The van der Waals surface area contributed by atoms with E-state index in [4.69, 9.17) is 0 Å². The fourth-order valence-electron chi connectivity index (χ4n) is 1.55. The van der Waals surface area contributed by atoms with Crippen LogP contribution >= 0.6 is 15.9 Å². The van der Waals surface area contributed by atoms with E-state index in [-0.39, 0.29) is 17.7 Å². The van der Waals surface area contributed by atoms with Gasteiger partial charge in [0.1, 0.15) is 11.6 Å². The molecule has 0 amide bonds. The summed E-state index contributed by atoms with van der Waals surface area (Å²) in [6.45, 7) is 1.90. The van der Waals surface area contributed by atoms with E-state index >= 15 is 0 Å². The number of pyridine rings is 1. The van der Waals surface area contributed by atoms with Gasteiger partial charge >= 0.3 is 0 Å². The number of hydrogen-bond donors (Lipinski definition) is 1. The molecule has 1 aromatic carbocycles. The lowest BCUT2D eigenvalue weighted by atomic mass is 10.2. The van der Waals surface area contributed by atoms with Crippen molar-refractivity contribution in [2.45, 2.75) is 13.0 Å². The van der Waals surface area contributed by atoms with Crippen LogP contribution in [0, 0.1) is 11.6 Å². The minimum atomic E-state index is -0.365.